The summed E-state index contributed by atoms with van der Waals surface area (Å²) in [6.07, 6.45) is 2.36. The average Bonchev–Trinajstić information content (AvgIpc) is 2.95. The maximum absolute atomic E-state index is 6.63. The van der Waals surface area contributed by atoms with Gasteiger partial charge < -0.3 is 9.64 Å². The van der Waals surface area contributed by atoms with E-state index in [2.05, 4.69) is 127 Å². The highest BCUT2D eigenvalue weighted by Gasteiger charge is 2.25. The lowest BCUT2D eigenvalue weighted by Crippen LogP contribution is -2.38. The van der Waals surface area contributed by atoms with E-state index in [9.17, 15) is 0 Å². The van der Waals surface area contributed by atoms with Gasteiger partial charge in [-0.15, -0.1) is 0 Å². The second-order valence-electron chi connectivity index (χ2n) is 10.2. The summed E-state index contributed by atoms with van der Waals surface area (Å²) in [5, 5.41) is 0. The summed E-state index contributed by atoms with van der Waals surface area (Å²) < 4.78 is 6.63. The van der Waals surface area contributed by atoms with Gasteiger partial charge in [0, 0.05) is 12.5 Å². The van der Waals surface area contributed by atoms with Crippen molar-refractivity contribution in [2.75, 3.05) is 26.2 Å². The van der Waals surface area contributed by atoms with Crippen molar-refractivity contribution in [3.05, 3.63) is 143 Å². The summed E-state index contributed by atoms with van der Waals surface area (Å²) in [5.74, 6) is 1.01. The van der Waals surface area contributed by atoms with Crippen LogP contribution in [0.3, 0.4) is 0 Å². The second-order valence-corrected chi connectivity index (χ2v) is 10.2. The molecule has 184 valence electrons. The quantitative estimate of drug-likeness (QED) is 0.247. The number of rotatable bonds is 9. The predicted molar refractivity (Wildman–Crippen MR) is 149 cm³/mol. The van der Waals surface area contributed by atoms with E-state index < -0.39 is 0 Å². The molecule has 5 rings (SSSR count). The standard InChI is InChI=1S/C34H37NO/c1-27-17-19-32(20-18-27)34(31-15-9-4-10-16-31)36-26-28-21-23-35(24-22-28)25-33(29-11-5-2-6-12-29)30-13-7-3-8-14-30/h2-20,28,33-34H,21-26H2,1H3. The Labute approximate surface area is 216 Å². The summed E-state index contributed by atoms with van der Waals surface area (Å²) in [5.41, 5.74) is 6.54. The van der Waals surface area contributed by atoms with Crippen LogP contribution < -0.4 is 0 Å². The number of aryl methyl sites for hydroxylation is 1. The monoisotopic (exact) mass is 475 g/mol. The van der Waals surface area contributed by atoms with Crippen LogP contribution in [0.1, 0.15) is 52.7 Å². The highest BCUT2D eigenvalue weighted by atomic mass is 16.5. The Balaban J connectivity index is 1.20. The predicted octanol–water partition coefficient (Wildman–Crippen LogP) is 7.65. The second kappa shape index (κ2) is 12.2. The molecule has 0 saturated carbocycles. The summed E-state index contributed by atoms with van der Waals surface area (Å²) in [6, 6.07) is 41.4. The topological polar surface area (TPSA) is 12.5 Å². The minimum absolute atomic E-state index is 0.00892. The Morgan fingerprint density at radius 2 is 1.11 bits per heavy atom. The van der Waals surface area contributed by atoms with Crippen LogP contribution in [-0.2, 0) is 4.74 Å². The van der Waals surface area contributed by atoms with Crippen LogP contribution in [0.15, 0.2) is 115 Å². The maximum Gasteiger partial charge on any atom is 0.108 e. The van der Waals surface area contributed by atoms with Gasteiger partial charge in [-0.25, -0.2) is 0 Å². The Morgan fingerprint density at radius 3 is 1.64 bits per heavy atom. The Morgan fingerprint density at radius 1 is 0.639 bits per heavy atom. The van der Waals surface area contributed by atoms with Gasteiger partial charge in [0.1, 0.15) is 6.10 Å². The molecule has 1 unspecified atom stereocenters. The van der Waals surface area contributed by atoms with E-state index in [0.717, 1.165) is 26.2 Å². The molecular formula is C34H37NO. The molecule has 0 radical (unpaired) electrons. The number of benzene rings is 4. The molecular weight excluding hydrogens is 438 g/mol. The zero-order chi connectivity index (χ0) is 24.6. The molecule has 1 fully saturated rings. The van der Waals surface area contributed by atoms with Crippen LogP contribution in [-0.4, -0.2) is 31.1 Å². The van der Waals surface area contributed by atoms with Gasteiger partial charge in [0.15, 0.2) is 0 Å². The van der Waals surface area contributed by atoms with Crippen molar-refractivity contribution < 1.29 is 4.74 Å². The van der Waals surface area contributed by atoms with E-state index >= 15 is 0 Å². The van der Waals surface area contributed by atoms with Crippen LogP contribution in [0.2, 0.25) is 0 Å². The van der Waals surface area contributed by atoms with Crippen LogP contribution in [0, 0.1) is 12.8 Å². The Bertz CT molecular complexity index is 1130. The zero-order valence-electron chi connectivity index (χ0n) is 21.3. The number of hydrogen-bond donors (Lipinski definition) is 0. The molecule has 1 aliphatic rings. The number of hydrogen-bond acceptors (Lipinski definition) is 2. The first-order valence-electron chi connectivity index (χ1n) is 13.3. The molecule has 0 bridgehead atoms. The minimum atomic E-state index is -0.00892. The highest BCUT2D eigenvalue weighted by molar-refractivity contribution is 5.33. The van der Waals surface area contributed by atoms with Gasteiger partial charge in [-0.3, -0.25) is 0 Å². The van der Waals surface area contributed by atoms with Crippen LogP contribution in [0.5, 0.6) is 0 Å². The van der Waals surface area contributed by atoms with Crippen LogP contribution in [0.4, 0.5) is 0 Å². The fraction of sp³-hybridized carbons (Fsp3) is 0.294. The van der Waals surface area contributed by atoms with Crippen molar-refractivity contribution in [3.8, 4) is 0 Å². The molecule has 0 N–H and O–H groups in total. The molecule has 4 aromatic carbocycles. The summed E-state index contributed by atoms with van der Waals surface area (Å²) in [7, 11) is 0. The van der Waals surface area contributed by atoms with E-state index in [1.54, 1.807) is 0 Å². The van der Waals surface area contributed by atoms with Gasteiger partial charge in [0.25, 0.3) is 0 Å². The van der Waals surface area contributed by atoms with Gasteiger partial charge in [-0.2, -0.15) is 0 Å². The minimum Gasteiger partial charge on any atom is -0.368 e. The molecule has 0 aliphatic carbocycles. The third kappa shape index (κ3) is 6.32. The highest BCUT2D eigenvalue weighted by Crippen LogP contribution is 2.30. The lowest BCUT2D eigenvalue weighted by atomic mass is 9.89. The summed E-state index contributed by atoms with van der Waals surface area (Å²) in [4.78, 5) is 2.65. The smallest absolute Gasteiger partial charge is 0.108 e. The lowest BCUT2D eigenvalue weighted by Gasteiger charge is -2.35. The number of ether oxygens (including phenoxy) is 1. The van der Waals surface area contributed by atoms with E-state index in [1.807, 2.05) is 0 Å². The fourth-order valence-electron chi connectivity index (χ4n) is 5.35. The molecule has 36 heavy (non-hydrogen) atoms. The van der Waals surface area contributed by atoms with Crippen LogP contribution in [0.25, 0.3) is 0 Å². The van der Waals surface area contributed by atoms with Crippen molar-refractivity contribution in [1.82, 2.24) is 4.90 Å². The zero-order valence-corrected chi connectivity index (χ0v) is 21.3. The number of nitrogens with zero attached hydrogens (tertiary/aromatic N) is 1. The number of piperidine rings is 1. The molecule has 0 spiro atoms. The lowest BCUT2D eigenvalue weighted by molar-refractivity contribution is 0.0306. The fourth-order valence-corrected chi connectivity index (χ4v) is 5.35. The average molecular weight is 476 g/mol. The van der Waals surface area contributed by atoms with Crippen LogP contribution >= 0.6 is 0 Å². The molecule has 2 heteroatoms. The molecule has 1 saturated heterocycles. The maximum atomic E-state index is 6.63. The Hall–Kier alpha value is -3.20. The summed E-state index contributed by atoms with van der Waals surface area (Å²) in [6.45, 7) is 6.27. The first kappa shape index (κ1) is 24.5. The first-order chi connectivity index (χ1) is 17.8. The van der Waals surface area contributed by atoms with Crippen molar-refractivity contribution in [1.29, 1.82) is 0 Å². The third-order valence-electron chi connectivity index (χ3n) is 7.53. The largest absolute Gasteiger partial charge is 0.368 e. The van der Waals surface area contributed by atoms with Gasteiger partial charge in [-0.05, 0) is 61.0 Å². The van der Waals surface area contributed by atoms with Gasteiger partial charge in [0.05, 0.1) is 6.61 Å². The molecule has 1 aliphatic heterocycles. The number of likely N-dealkylation sites (tertiary alicyclic amines) is 1. The van der Waals surface area contributed by atoms with E-state index in [-0.39, 0.29) is 6.10 Å². The molecule has 0 aromatic heterocycles. The van der Waals surface area contributed by atoms with E-state index in [4.69, 9.17) is 4.74 Å². The van der Waals surface area contributed by atoms with Gasteiger partial charge in [-0.1, -0.05) is 121 Å². The first-order valence-corrected chi connectivity index (χ1v) is 13.3. The van der Waals surface area contributed by atoms with Crippen molar-refractivity contribution in [3.63, 3.8) is 0 Å². The normalized spacial score (nSPS) is 15.7. The van der Waals surface area contributed by atoms with Crippen molar-refractivity contribution in [2.24, 2.45) is 5.92 Å². The Kier molecular flexibility index (Phi) is 8.28. The van der Waals surface area contributed by atoms with E-state index in [0.29, 0.717) is 11.8 Å². The van der Waals surface area contributed by atoms with Crippen molar-refractivity contribution in [2.45, 2.75) is 31.8 Å². The molecule has 4 aromatic rings. The van der Waals surface area contributed by atoms with Gasteiger partial charge in [0.2, 0.25) is 0 Å². The van der Waals surface area contributed by atoms with Gasteiger partial charge >= 0.3 is 0 Å². The third-order valence-corrected chi connectivity index (χ3v) is 7.53. The van der Waals surface area contributed by atoms with Crippen molar-refractivity contribution >= 4 is 0 Å². The van der Waals surface area contributed by atoms with E-state index in [1.165, 1.54) is 40.7 Å². The summed E-state index contributed by atoms with van der Waals surface area (Å²) >= 11 is 0. The molecule has 0 amide bonds. The molecule has 1 heterocycles. The SMILES string of the molecule is Cc1ccc(C(OCC2CCN(CC(c3ccccc3)c3ccccc3)CC2)c2ccccc2)cc1. The molecule has 2 nitrogen and oxygen atoms in total. The molecule has 1 atom stereocenters.